The standard InChI is InChI=1S/C23H17ClN2O3/c24-14-20(27)25-18-12-6-7-13-19(18)26-21(15-8-2-1-3-9-15)22(28)16-10-4-5-11-17(16)23(26)29/h1-13,28H,14H2,(H,25,27). The molecule has 3 aromatic carbocycles. The molecule has 2 N–H and O–H groups in total. The highest BCUT2D eigenvalue weighted by Crippen LogP contribution is 2.36. The maximum atomic E-state index is 13.5. The predicted molar refractivity (Wildman–Crippen MR) is 116 cm³/mol. The number of nitrogens with zero attached hydrogens (tertiary/aromatic N) is 1. The van der Waals surface area contributed by atoms with Crippen LogP contribution in [0.5, 0.6) is 5.75 Å². The summed E-state index contributed by atoms with van der Waals surface area (Å²) in [4.78, 5) is 25.4. The highest BCUT2D eigenvalue weighted by molar-refractivity contribution is 6.29. The molecule has 0 bridgehead atoms. The van der Waals surface area contributed by atoms with Crippen LogP contribution < -0.4 is 10.9 Å². The maximum absolute atomic E-state index is 13.5. The molecule has 5 nitrogen and oxygen atoms in total. The molecule has 4 rings (SSSR count). The summed E-state index contributed by atoms with van der Waals surface area (Å²) in [5.74, 6) is -0.610. The Balaban J connectivity index is 2.12. The van der Waals surface area contributed by atoms with Crippen LogP contribution in [0.4, 0.5) is 5.69 Å². The molecule has 29 heavy (non-hydrogen) atoms. The molecule has 0 unspecified atom stereocenters. The van der Waals surface area contributed by atoms with Gasteiger partial charge in [-0.15, -0.1) is 11.6 Å². The van der Waals surface area contributed by atoms with Gasteiger partial charge in [-0.05, 0) is 18.2 Å². The Morgan fingerprint density at radius 3 is 2.24 bits per heavy atom. The molecular weight excluding hydrogens is 388 g/mol. The number of amides is 1. The number of anilines is 1. The third-order valence-electron chi connectivity index (χ3n) is 4.65. The van der Waals surface area contributed by atoms with E-state index in [9.17, 15) is 14.7 Å². The van der Waals surface area contributed by atoms with Gasteiger partial charge in [0, 0.05) is 10.9 Å². The lowest BCUT2D eigenvalue weighted by molar-refractivity contribution is -0.113. The van der Waals surface area contributed by atoms with E-state index in [1.807, 2.05) is 30.3 Å². The molecule has 1 aromatic heterocycles. The minimum atomic E-state index is -0.390. The third-order valence-corrected chi connectivity index (χ3v) is 4.89. The zero-order valence-electron chi connectivity index (χ0n) is 15.3. The van der Waals surface area contributed by atoms with Crippen molar-refractivity contribution in [2.45, 2.75) is 0 Å². The summed E-state index contributed by atoms with van der Waals surface area (Å²) in [6, 6.07) is 23.0. The summed E-state index contributed by atoms with van der Waals surface area (Å²) in [5.41, 5.74) is 1.58. The molecule has 0 saturated carbocycles. The number of carbonyl (C=O) groups is 1. The van der Waals surface area contributed by atoms with Gasteiger partial charge in [0.05, 0.1) is 22.5 Å². The highest BCUT2D eigenvalue weighted by Gasteiger charge is 2.20. The van der Waals surface area contributed by atoms with Crippen molar-refractivity contribution < 1.29 is 9.90 Å². The van der Waals surface area contributed by atoms with Crippen LogP contribution in [0.1, 0.15) is 0 Å². The molecule has 6 heteroatoms. The van der Waals surface area contributed by atoms with E-state index in [0.717, 1.165) is 0 Å². The van der Waals surface area contributed by atoms with E-state index in [-0.39, 0.29) is 17.2 Å². The SMILES string of the molecule is O=C(CCl)Nc1ccccc1-n1c(-c2ccccc2)c(O)c2ccccc2c1=O. The number of rotatable bonds is 4. The van der Waals surface area contributed by atoms with Gasteiger partial charge in [0.15, 0.2) is 0 Å². The Bertz CT molecular complexity index is 1270. The maximum Gasteiger partial charge on any atom is 0.263 e. The summed E-state index contributed by atoms with van der Waals surface area (Å²) in [5, 5.41) is 14.7. The summed E-state index contributed by atoms with van der Waals surface area (Å²) < 4.78 is 1.43. The second-order valence-corrected chi connectivity index (χ2v) is 6.72. The summed E-state index contributed by atoms with van der Waals surface area (Å²) >= 11 is 5.64. The van der Waals surface area contributed by atoms with Gasteiger partial charge < -0.3 is 10.4 Å². The first-order chi connectivity index (χ1) is 14.1. The largest absolute Gasteiger partial charge is 0.505 e. The van der Waals surface area contributed by atoms with Crippen molar-refractivity contribution in [2.75, 3.05) is 11.2 Å². The molecule has 0 atom stereocenters. The third kappa shape index (κ3) is 3.37. The first-order valence-electron chi connectivity index (χ1n) is 8.99. The number of benzene rings is 3. The number of pyridine rings is 1. The van der Waals surface area contributed by atoms with Gasteiger partial charge in [-0.2, -0.15) is 0 Å². The molecule has 0 spiro atoms. The average Bonchev–Trinajstić information content (AvgIpc) is 2.77. The molecule has 0 aliphatic carbocycles. The van der Waals surface area contributed by atoms with Gasteiger partial charge in [-0.3, -0.25) is 14.2 Å². The lowest BCUT2D eigenvalue weighted by Crippen LogP contribution is -2.23. The second kappa shape index (κ2) is 7.81. The number of nitrogens with one attached hydrogen (secondary N) is 1. The molecule has 1 amide bonds. The van der Waals surface area contributed by atoms with Gasteiger partial charge in [-0.1, -0.05) is 60.7 Å². The van der Waals surface area contributed by atoms with Crippen molar-refractivity contribution in [2.24, 2.45) is 0 Å². The summed E-state index contributed by atoms with van der Waals surface area (Å²) in [7, 11) is 0. The van der Waals surface area contributed by atoms with Crippen LogP contribution in [-0.4, -0.2) is 21.5 Å². The minimum absolute atomic E-state index is 0.00938. The molecule has 0 aliphatic rings. The quantitative estimate of drug-likeness (QED) is 0.490. The number of halogens is 1. The van der Waals surface area contributed by atoms with Crippen LogP contribution in [0.15, 0.2) is 83.7 Å². The van der Waals surface area contributed by atoms with E-state index in [4.69, 9.17) is 11.6 Å². The van der Waals surface area contributed by atoms with E-state index >= 15 is 0 Å². The van der Waals surface area contributed by atoms with Crippen LogP contribution in [0.2, 0.25) is 0 Å². The Kier molecular flexibility index (Phi) is 5.06. The molecule has 0 aliphatic heterocycles. The van der Waals surface area contributed by atoms with Crippen molar-refractivity contribution in [1.29, 1.82) is 0 Å². The lowest BCUT2D eigenvalue weighted by Gasteiger charge is -2.19. The fraction of sp³-hybridized carbons (Fsp3) is 0.0435. The first kappa shape index (κ1) is 18.8. The molecule has 1 heterocycles. The van der Waals surface area contributed by atoms with Gasteiger partial charge in [-0.25, -0.2) is 0 Å². The number of aromatic nitrogens is 1. The molecule has 0 radical (unpaired) electrons. The Morgan fingerprint density at radius 2 is 1.52 bits per heavy atom. The van der Waals surface area contributed by atoms with Crippen LogP contribution >= 0.6 is 11.6 Å². The number of hydrogen-bond donors (Lipinski definition) is 2. The number of alkyl halides is 1. The smallest absolute Gasteiger partial charge is 0.263 e. The van der Waals surface area contributed by atoms with Gasteiger partial charge in [0.2, 0.25) is 5.91 Å². The molecule has 144 valence electrons. The molecule has 0 fully saturated rings. The summed E-state index contributed by atoms with van der Waals surface area (Å²) in [6.07, 6.45) is 0. The van der Waals surface area contributed by atoms with Gasteiger partial charge >= 0.3 is 0 Å². The zero-order chi connectivity index (χ0) is 20.4. The fourth-order valence-electron chi connectivity index (χ4n) is 3.38. The predicted octanol–water partition coefficient (Wildman–Crippen LogP) is 4.54. The lowest BCUT2D eigenvalue weighted by atomic mass is 10.0. The Hall–Kier alpha value is -3.57. The Morgan fingerprint density at radius 1 is 0.897 bits per heavy atom. The van der Waals surface area contributed by atoms with Crippen LogP contribution in [-0.2, 0) is 4.79 Å². The number of fused-ring (bicyclic) bond motifs is 1. The van der Waals surface area contributed by atoms with Crippen molar-refractivity contribution in [1.82, 2.24) is 4.57 Å². The summed E-state index contributed by atoms with van der Waals surface area (Å²) in [6.45, 7) is 0. The van der Waals surface area contributed by atoms with E-state index in [1.54, 1.807) is 48.5 Å². The number of aromatic hydroxyl groups is 1. The van der Waals surface area contributed by atoms with E-state index in [1.165, 1.54) is 4.57 Å². The number of hydrogen-bond acceptors (Lipinski definition) is 3. The molecular formula is C23H17ClN2O3. The fourth-order valence-corrected chi connectivity index (χ4v) is 3.45. The second-order valence-electron chi connectivity index (χ2n) is 6.45. The van der Waals surface area contributed by atoms with E-state index < -0.39 is 5.91 Å². The topological polar surface area (TPSA) is 71.3 Å². The van der Waals surface area contributed by atoms with Crippen LogP contribution in [0, 0.1) is 0 Å². The zero-order valence-corrected chi connectivity index (χ0v) is 16.1. The normalized spacial score (nSPS) is 10.8. The molecule has 4 aromatic rings. The number of para-hydroxylation sites is 2. The van der Waals surface area contributed by atoms with Crippen molar-refractivity contribution in [3.8, 4) is 22.7 Å². The van der Waals surface area contributed by atoms with Crippen LogP contribution in [0.25, 0.3) is 27.7 Å². The first-order valence-corrected chi connectivity index (χ1v) is 9.52. The van der Waals surface area contributed by atoms with Crippen molar-refractivity contribution in [3.05, 3.63) is 89.2 Å². The highest BCUT2D eigenvalue weighted by atomic mass is 35.5. The minimum Gasteiger partial charge on any atom is -0.505 e. The average molecular weight is 405 g/mol. The monoisotopic (exact) mass is 404 g/mol. The van der Waals surface area contributed by atoms with Crippen molar-refractivity contribution >= 4 is 34.0 Å². The van der Waals surface area contributed by atoms with Gasteiger partial charge in [0.25, 0.3) is 5.56 Å². The van der Waals surface area contributed by atoms with E-state index in [0.29, 0.717) is 33.4 Å². The molecule has 0 saturated heterocycles. The van der Waals surface area contributed by atoms with Crippen LogP contribution in [0.3, 0.4) is 0 Å². The van der Waals surface area contributed by atoms with Gasteiger partial charge in [0.1, 0.15) is 11.6 Å². The Labute approximate surface area is 171 Å². The van der Waals surface area contributed by atoms with Crippen molar-refractivity contribution in [3.63, 3.8) is 0 Å². The number of carbonyl (C=O) groups excluding carboxylic acids is 1. The van der Waals surface area contributed by atoms with E-state index in [2.05, 4.69) is 5.32 Å².